The van der Waals surface area contributed by atoms with Crippen LogP contribution in [0, 0.1) is 12.8 Å². The van der Waals surface area contributed by atoms with Gasteiger partial charge in [0.25, 0.3) is 5.91 Å². The molecule has 162 valence electrons. The first-order chi connectivity index (χ1) is 15.1. The SMILES string of the molecule is Cc1occc1C(=O)Nc1nc(CC(=O)N2CCC(COc3ccccc3)CC2)cs1. The highest BCUT2D eigenvalue weighted by molar-refractivity contribution is 7.14. The molecule has 7 nitrogen and oxygen atoms in total. The molecule has 3 heterocycles. The van der Waals surface area contributed by atoms with E-state index in [4.69, 9.17) is 9.15 Å². The molecular weight excluding hydrogens is 414 g/mol. The Kier molecular flexibility index (Phi) is 6.66. The average Bonchev–Trinajstić information content (AvgIpc) is 3.42. The van der Waals surface area contributed by atoms with Crippen molar-refractivity contribution in [2.24, 2.45) is 5.92 Å². The van der Waals surface area contributed by atoms with Crippen LogP contribution in [0.5, 0.6) is 5.75 Å². The van der Waals surface area contributed by atoms with Gasteiger partial charge >= 0.3 is 0 Å². The zero-order chi connectivity index (χ0) is 21.6. The van der Waals surface area contributed by atoms with Gasteiger partial charge < -0.3 is 14.1 Å². The quantitative estimate of drug-likeness (QED) is 0.598. The number of anilines is 1. The number of carbonyl (C=O) groups is 2. The van der Waals surface area contributed by atoms with Crippen LogP contribution in [0.2, 0.25) is 0 Å². The molecule has 0 aliphatic carbocycles. The maximum atomic E-state index is 12.7. The van der Waals surface area contributed by atoms with Crippen LogP contribution in [0.1, 0.15) is 34.7 Å². The van der Waals surface area contributed by atoms with E-state index in [9.17, 15) is 9.59 Å². The highest BCUT2D eigenvalue weighted by Gasteiger charge is 2.24. The lowest BCUT2D eigenvalue weighted by Gasteiger charge is -2.31. The lowest BCUT2D eigenvalue weighted by molar-refractivity contribution is -0.132. The van der Waals surface area contributed by atoms with Crippen LogP contribution in [0.15, 0.2) is 52.5 Å². The maximum absolute atomic E-state index is 12.7. The number of amides is 2. The van der Waals surface area contributed by atoms with E-state index < -0.39 is 0 Å². The number of para-hydroxylation sites is 1. The molecule has 8 heteroatoms. The average molecular weight is 440 g/mol. The Morgan fingerprint density at radius 3 is 2.71 bits per heavy atom. The predicted octanol–water partition coefficient (Wildman–Crippen LogP) is 4.16. The first-order valence-corrected chi connectivity index (χ1v) is 11.2. The van der Waals surface area contributed by atoms with Crippen LogP contribution >= 0.6 is 11.3 Å². The van der Waals surface area contributed by atoms with Crippen molar-refractivity contribution >= 4 is 28.3 Å². The summed E-state index contributed by atoms with van der Waals surface area (Å²) in [5.74, 6) is 1.70. The van der Waals surface area contributed by atoms with Crippen LogP contribution in [-0.2, 0) is 11.2 Å². The number of ether oxygens (including phenoxy) is 1. The molecule has 2 aromatic heterocycles. The Bertz CT molecular complexity index is 1020. The number of carbonyl (C=O) groups excluding carboxylic acids is 2. The van der Waals surface area contributed by atoms with Crippen LogP contribution < -0.4 is 10.1 Å². The Hall–Kier alpha value is -3.13. The number of nitrogens with zero attached hydrogens (tertiary/aromatic N) is 2. The predicted molar refractivity (Wildman–Crippen MR) is 118 cm³/mol. The van der Waals surface area contributed by atoms with E-state index in [1.807, 2.05) is 40.6 Å². The molecule has 31 heavy (non-hydrogen) atoms. The highest BCUT2D eigenvalue weighted by Crippen LogP contribution is 2.22. The summed E-state index contributed by atoms with van der Waals surface area (Å²) in [7, 11) is 0. The summed E-state index contributed by atoms with van der Waals surface area (Å²) in [4.78, 5) is 31.2. The Morgan fingerprint density at radius 1 is 1.23 bits per heavy atom. The molecule has 0 radical (unpaired) electrons. The van der Waals surface area contributed by atoms with Crippen molar-refractivity contribution in [3.8, 4) is 5.75 Å². The minimum Gasteiger partial charge on any atom is -0.493 e. The molecule has 1 aliphatic heterocycles. The Balaban J connectivity index is 1.22. The molecule has 1 aromatic carbocycles. The molecular formula is C23H25N3O4S. The smallest absolute Gasteiger partial charge is 0.260 e. The van der Waals surface area contributed by atoms with E-state index in [0.29, 0.717) is 34.7 Å². The highest BCUT2D eigenvalue weighted by atomic mass is 32.1. The maximum Gasteiger partial charge on any atom is 0.260 e. The summed E-state index contributed by atoms with van der Waals surface area (Å²) < 4.78 is 11.0. The second kappa shape index (κ2) is 9.78. The zero-order valence-corrected chi connectivity index (χ0v) is 18.2. The van der Waals surface area contributed by atoms with E-state index in [0.717, 1.165) is 31.7 Å². The molecule has 4 rings (SSSR count). The van der Waals surface area contributed by atoms with Gasteiger partial charge in [-0.2, -0.15) is 0 Å². The van der Waals surface area contributed by atoms with Gasteiger partial charge in [0.05, 0.1) is 30.5 Å². The first kappa shape index (κ1) is 21.1. The zero-order valence-electron chi connectivity index (χ0n) is 17.4. The number of thiazole rings is 1. The van der Waals surface area contributed by atoms with Crippen molar-refractivity contribution in [3.05, 3.63) is 65.1 Å². The lowest BCUT2D eigenvalue weighted by atomic mass is 9.97. The summed E-state index contributed by atoms with van der Waals surface area (Å²) in [5, 5.41) is 5.05. The van der Waals surface area contributed by atoms with Gasteiger partial charge in [0.15, 0.2) is 5.13 Å². The largest absolute Gasteiger partial charge is 0.493 e. The van der Waals surface area contributed by atoms with Crippen LogP contribution in [0.4, 0.5) is 5.13 Å². The molecule has 1 N–H and O–H groups in total. The van der Waals surface area contributed by atoms with Gasteiger partial charge in [-0.3, -0.25) is 14.9 Å². The number of hydrogen-bond donors (Lipinski definition) is 1. The Morgan fingerprint density at radius 2 is 2.00 bits per heavy atom. The molecule has 1 aliphatic rings. The van der Waals surface area contributed by atoms with Crippen molar-refractivity contribution in [2.45, 2.75) is 26.2 Å². The van der Waals surface area contributed by atoms with E-state index in [1.54, 1.807) is 13.0 Å². The van der Waals surface area contributed by atoms with E-state index in [-0.39, 0.29) is 18.2 Å². The van der Waals surface area contributed by atoms with Crippen molar-refractivity contribution in [2.75, 3.05) is 25.0 Å². The van der Waals surface area contributed by atoms with Gasteiger partial charge in [-0.25, -0.2) is 4.98 Å². The number of rotatable bonds is 7. The summed E-state index contributed by atoms with van der Waals surface area (Å²) in [5.41, 5.74) is 1.15. The topological polar surface area (TPSA) is 84.7 Å². The molecule has 3 aromatic rings. The number of piperidine rings is 1. The van der Waals surface area contributed by atoms with Crippen molar-refractivity contribution in [3.63, 3.8) is 0 Å². The molecule has 0 atom stereocenters. The van der Waals surface area contributed by atoms with Gasteiger partial charge in [0, 0.05) is 18.5 Å². The van der Waals surface area contributed by atoms with Gasteiger partial charge in [-0.1, -0.05) is 18.2 Å². The van der Waals surface area contributed by atoms with E-state index in [1.165, 1.54) is 17.6 Å². The van der Waals surface area contributed by atoms with E-state index in [2.05, 4.69) is 10.3 Å². The van der Waals surface area contributed by atoms with Gasteiger partial charge in [0.2, 0.25) is 5.91 Å². The normalized spacial score (nSPS) is 14.4. The number of likely N-dealkylation sites (tertiary alicyclic amines) is 1. The number of aryl methyl sites for hydroxylation is 1. The van der Waals surface area contributed by atoms with Crippen LogP contribution in [-0.4, -0.2) is 41.4 Å². The second-order valence-electron chi connectivity index (χ2n) is 7.61. The molecule has 0 bridgehead atoms. The lowest BCUT2D eigenvalue weighted by Crippen LogP contribution is -2.40. The summed E-state index contributed by atoms with van der Waals surface area (Å²) in [6.45, 7) is 3.87. The van der Waals surface area contributed by atoms with Crippen molar-refractivity contribution in [1.29, 1.82) is 0 Å². The molecule has 2 amide bonds. The third kappa shape index (κ3) is 5.52. The number of hydrogen-bond acceptors (Lipinski definition) is 6. The number of nitrogens with one attached hydrogen (secondary N) is 1. The summed E-state index contributed by atoms with van der Waals surface area (Å²) in [6, 6.07) is 11.4. The summed E-state index contributed by atoms with van der Waals surface area (Å²) in [6.07, 6.45) is 3.58. The Labute approximate surface area is 185 Å². The molecule has 0 spiro atoms. The molecule has 1 saturated heterocycles. The minimum atomic E-state index is -0.265. The van der Waals surface area contributed by atoms with E-state index >= 15 is 0 Å². The van der Waals surface area contributed by atoms with Gasteiger partial charge in [-0.15, -0.1) is 11.3 Å². The van der Waals surface area contributed by atoms with Gasteiger partial charge in [0.1, 0.15) is 11.5 Å². The fourth-order valence-electron chi connectivity index (χ4n) is 3.58. The monoisotopic (exact) mass is 439 g/mol. The third-order valence-electron chi connectivity index (χ3n) is 5.40. The van der Waals surface area contributed by atoms with Crippen molar-refractivity contribution in [1.82, 2.24) is 9.88 Å². The van der Waals surface area contributed by atoms with Crippen molar-refractivity contribution < 1.29 is 18.7 Å². The fraction of sp³-hybridized carbons (Fsp3) is 0.348. The van der Waals surface area contributed by atoms with Gasteiger partial charge in [-0.05, 0) is 43.9 Å². The molecule has 0 unspecified atom stereocenters. The molecule has 1 fully saturated rings. The minimum absolute atomic E-state index is 0.0660. The number of benzene rings is 1. The second-order valence-corrected chi connectivity index (χ2v) is 8.47. The number of furan rings is 1. The third-order valence-corrected chi connectivity index (χ3v) is 6.21. The molecule has 0 saturated carbocycles. The van der Waals surface area contributed by atoms with Crippen LogP contribution in [0.3, 0.4) is 0 Å². The number of aromatic nitrogens is 1. The fourth-order valence-corrected chi connectivity index (χ4v) is 4.28. The summed E-state index contributed by atoms with van der Waals surface area (Å²) >= 11 is 1.31. The first-order valence-electron chi connectivity index (χ1n) is 10.3. The standard InChI is InChI=1S/C23H25N3O4S/c1-16-20(9-12-29-16)22(28)25-23-24-18(15-31-23)13-21(27)26-10-7-17(8-11-26)14-30-19-5-3-2-4-6-19/h2-6,9,12,15,17H,7-8,10-11,13-14H2,1H3,(H,24,25,28). The van der Waals surface area contributed by atoms with Crippen LogP contribution in [0.25, 0.3) is 0 Å².